The monoisotopic (exact) mass is 394 g/mol. The lowest BCUT2D eigenvalue weighted by molar-refractivity contribution is 0.152. The van der Waals surface area contributed by atoms with Gasteiger partial charge in [-0.2, -0.15) is 8.42 Å². The van der Waals surface area contributed by atoms with Gasteiger partial charge < -0.3 is 4.74 Å². The molecule has 0 saturated carbocycles. The van der Waals surface area contributed by atoms with E-state index >= 15 is 0 Å². The lowest BCUT2D eigenvalue weighted by Gasteiger charge is -2.11. The van der Waals surface area contributed by atoms with Crippen LogP contribution >= 0.6 is 0 Å². The molecular formula is C23H22O4S. The van der Waals surface area contributed by atoms with Gasteiger partial charge in [-0.3, -0.25) is 4.18 Å². The van der Waals surface area contributed by atoms with Crippen LogP contribution in [0.4, 0.5) is 0 Å². The van der Waals surface area contributed by atoms with Crippen molar-refractivity contribution in [3.63, 3.8) is 0 Å². The van der Waals surface area contributed by atoms with Gasteiger partial charge in [0.2, 0.25) is 0 Å². The summed E-state index contributed by atoms with van der Waals surface area (Å²) < 4.78 is 35.8. The fraction of sp³-hybridized carbons (Fsp3) is 0.217. The van der Waals surface area contributed by atoms with Gasteiger partial charge in [-0.05, 0) is 48.2 Å². The number of rotatable bonds is 6. The van der Waals surface area contributed by atoms with Crippen molar-refractivity contribution in [1.82, 2.24) is 0 Å². The molecular weight excluding hydrogens is 372 g/mol. The van der Waals surface area contributed by atoms with E-state index in [0.29, 0.717) is 6.42 Å². The van der Waals surface area contributed by atoms with E-state index in [-0.39, 0.29) is 17.6 Å². The lowest BCUT2D eigenvalue weighted by Crippen LogP contribution is -2.23. The van der Waals surface area contributed by atoms with Crippen molar-refractivity contribution >= 4 is 10.1 Å². The number of hydrogen-bond acceptors (Lipinski definition) is 4. The summed E-state index contributed by atoms with van der Waals surface area (Å²) in [7, 11) is -3.78. The van der Waals surface area contributed by atoms with Crippen molar-refractivity contribution in [2.24, 2.45) is 0 Å². The average molecular weight is 394 g/mol. The third-order valence-electron chi connectivity index (χ3n) is 4.84. The van der Waals surface area contributed by atoms with Crippen molar-refractivity contribution < 1.29 is 17.3 Å². The first-order chi connectivity index (χ1) is 13.5. The Bertz CT molecular complexity index is 1060. The Balaban J connectivity index is 1.39. The number of ether oxygens (including phenoxy) is 1. The van der Waals surface area contributed by atoms with Gasteiger partial charge in [0.15, 0.2) is 0 Å². The molecule has 1 aliphatic heterocycles. The van der Waals surface area contributed by atoms with E-state index in [1.807, 2.05) is 31.2 Å². The summed E-state index contributed by atoms with van der Waals surface area (Å²) in [4.78, 5) is 0.166. The van der Waals surface area contributed by atoms with Gasteiger partial charge >= 0.3 is 0 Å². The molecule has 4 rings (SSSR count). The standard InChI is InChI=1S/C23H22O4S/c1-17-7-10-22(11-8-17)28(24,25)26-16-21-15-20-14-19(9-12-23(20)27-21)13-18-5-3-2-4-6-18/h2-12,14,21H,13,15-16H2,1H3. The first-order valence-electron chi connectivity index (χ1n) is 9.28. The molecule has 0 aromatic heterocycles. The molecule has 0 bridgehead atoms. The van der Waals surface area contributed by atoms with Crippen LogP contribution in [0, 0.1) is 6.92 Å². The Kier molecular flexibility index (Phi) is 5.20. The summed E-state index contributed by atoms with van der Waals surface area (Å²) >= 11 is 0. The fourth-order valence-corrected chi connectivity index (χ4v) is 4.28. The maximum absolute atomic E-state index is 12.4. The van der Waals surface area contributed by atoms with Gasteiger partial charge in [-0.1, -0.05) is 60.2 Å². The minimum absolute atomic E-state index is 0.00108. The quantitative estimate of drug-likeness (QED) is 0.585. The largest absolute Gasteiger partial charge is 0.487 e. The van der Waals surface area contributed by atoms with Crippen molar-refractivity contribution in [2.45, 2.75) is 30.8 Å². The van der Waals surface area contributed by atoms with Crippen LogP contribution in [-0.2, 0) is 27.1 Å². The third kappa shape index (κ3) is 4.26. The maximum Gasteiger partial charge on any atom is 0.297 e. The highest BCUT2D eigenvalue weighted by atomic mass is 32.2. The molecule has 28 heavy (non-hydrogen) atoms. The number of benzene rings is 3. The first-order valence-corrected chi connectivity index (χ1v) is 10.7. The third-order valence-corrected chi connectivity index (χ3v) is 6.13. The van der Waals surface area contributed by atoms with Gasteiger partial charge in [0.25, 0.3) is 10.1 Å². The zero-order chi connectivity index (χ0) is 19.6. The molecule has 4 nitrogen and oxygen atoms in total. The van der Waals surface area contributed by atoms with E-state index in [2.05, 4.69) is 24.3 Å². The van der Waals surface area contributed by atoms with E-state index in [1.54, 1.807) is 24.3 Å². The Morgan fingerprint density at radius 3 is 2.46 bits per heavy atom. The van der Waals surface area contributed by atoms with Crippen LogP contribution in [0.25, 0.3) is 0 Å². The molecule has 0 spiro atoms. The predicted molar refractivity (Wildman–Crippen MR) is 108 cm³/mol. The predicted octanol–water partition coefficient (Wildman–Crippen LogP) is 4.29. The van der Waals surface area contributed by atoms with Crippen LogP contribution in [0.3, 0.4) is 0 Å². The highest BCUT2D eigenvalue weighted by Crippen LogP contribution is 2.31. The van der Waals surface area contributed by atoms with E-state index in [4.69, 9.17) is 8.92 Å². The molecule has 1 heterocycles. The smallest absolute Gasteiger partial charge is 0.297 e. The Morgan fingerprint density at radius 1 is 0.964 bits per heavy atom. The average Bonchev–Trinajstić information content (AvgIpc) is 3.10. The molecule has 0 fully saturated rings. The molecule has 1 atom stereocenters. The molecule has 1 unspecified atom stereocenters. The van der Waals surface area contributed by atoms with Crippen LogP contribution in [-0.4, -0.2) is 21.1 Å². The zero-order valence-electron chi connectivity index (χ0n) is 15.7. The van der Waals surface area contributed by atoms with Crippen LogP contribution in [0.15, 0.2) is 77.7 Å². The molecule has 3 aromatic carbocycles. The number of aryl methyl sites for hydroxylation is 1. The molecule has 0 saturated heterocycles. The molecule has 0 N–H and O–H groups in total. The van der Waals surface area contributed by atoms with Crippen molar-refractivity contribution in [3.8, 4) is 5.75 Å². The Morgan fingerprint density at radius 2 is 1.71 bits per heavy atom. The Labute approximate surface area is 165 Å². The summed E-state index contributed by atoms with van der Waals surface area (Å²) in [6, 6.07) is 23.1. The second-order valence-electron chi connectivity index (χ2n) is 7.10. The summed E-state index contributed by atoms with van der Waals surface area (Å²) in [5.74, 6) is 0.804. The number of fused-ring (bicyclic) bond motifs is 1. The van der Waals surface area contributed by atoms with Gasteiger partial charge in [-0.15, -0.1) is 0 Å². The minimum Gasteiger partial charge on any atom is -0.487 e. The van der Waals surface area contributed by atoms with Gasteiger partial charge in [-0.25, -0.2) is 0 Å². The van der Waals surface area contributed by atoms with E-state index in [9.17, 15) is 8.42 Å². The molecule has 5 heteroatoms. The van der Waals surface area contributed by atoms with E-state index < -0.39 is 10.1 Å². The Hall–Kier alpha value is -2.63. The highest BCUT2D eigenvalue weighted by molar-refractivity contribution is 7.86. The fourth-order valence-electron chi connectivity index (χ4n) is 3.35. The van der Waals surface area contributed by atoms with Crippen molar-refractivity contribution in [3.05, 3.63) is 95.1 Å². The second-order valence-corrected chi connectivity index (χ2v) is 8.72. The summed E-state index contributed by atoms with van der Waals surface area (Å²) in [6.45, 7) is 1.91. The molecule has 0 amide bonds. The van der Waals surface area contributed by atoms with Gasteiger partial charge in [0.1, 0.15) is 18.5 Å². The molecule has 0 radical (unpaired) electrons. The van der Waals surface area contributed by atoms with Gasteiger partial charge in [0, 0.05) is 6.42 Å². The summed E-state index contributed by atoms with van der Waals surface area (Å²) in [5, 5.41) is 0. The summed E-state index contributed by atoms with van der Waals surface area (Å²) in [5.41, 5.74) is 4.56. The maximum atomic E-state index is 12.4. The van der Waals surface area contributed by atoms with Crippen LogP contribution in [0.2, 0.25) is 0 Å². The molecule has 3 aromatic rings. The van der Waals surface area contributed by atoms with Crippen molar-refractivity contribution in [1.29, 1.82) is 0 Å². The molecule has 144 valence electrons. The van der Waals surface area contributed by atoms with E-state index in [1.165, 1.54) is 11.1 Å². The SMILES string of the molecule is Cc1ccc(S(=O)(=O)OCC2Cc3cc(Cc4ccccc4)ccc3O2)cc1. The normalized spacial score (nSPS) is 15.8. The second kappa shape index (κ2) is 7.78. The zero-order valence-corrected chi connectivity index (χ0v) is 16.5. The summed E-state index contributed by atoms with van der Waals surface area (Å²) in [6.07, 6.45) is 1.19. The molecule has 0 aliphatic carbocycles. The van der Waals surface area contributed by atoms with Crippen molar-refractivity contribution in [2.75, 3.05) is 6.61 Å². The topological polar surface area (TPSA) is 52.6 Å². The van der Waals surface area contributed by atoms with Crippen LogP contribution in [0.1, 0.15) is 22.3 Å². The van der Waals surface area contributed by atoms with Gasteiger partial charge in [0.05, 0.1) is 4.90 Å². The van der Waals surface area contributed by atoms with E-state index in [0.717, 1.165) is 23.3 Å². The minimum atomic E-state index is -3.78. The first kappa shape index (κ1) is 18.7. The van der Waals surface area contributed by atoms with Crippen LogP contribution < -0.4 is 4.74 Å². The molecule has 1 aliphatic rings. The number of hydrogen-bond donors (Lipinski definition) is 0. The highest BCUT2D eigenvalue weighted by Gasteiger charge is 2.26. The lowest BCUT2D eigenvalue weighted by atomic mass is 10.0. The van der Waals surface area contributed by atoms with Crippen LogP contribution in [0.5, 0.6) is 5.75 Å².